The molecule has 6 N–H and O–H groups in total. The van der Waals surface area contributed by atoms with E-state index >= 15 is 0 Å². The standard InChI is InChI=1S/C62H107NO10/c1-4-7-10-13-16-19-22-24-26-27-28-29-30-32-35-38-41-44-47-50-57(67)73-60-59(69)58(68)56(51-64)72-62(60)71-52-53(54(65)48-45-42-39-36-33-21-18-15-12-9-6-3)63-61(70)55(66)49-46-43-40-37-34-31-25-23-20-17-14-11-8-5-2/h8,11,14,16-17,19-20,23-26,31,45,48,53-56,58-60,62,64-66,68-69H,4-7,9-10,12-13,15,18,21-22,27-30,32-44,46-47,49-52H2,1-3H3,(H,63,70)/b11-8+,17-14+,19-16-,23-20+,26-24-,31-25-,48-45+. The molecule has 1 heterocycles. The molecule has 0 aromatic carbocycles. The molecule has 0 aromatic rings. The van der Waals surface area contributed by atoms with Gasteiger partial charge in [0.25, 0.3) is 0 Å². The van der Waals surface area contributed by atoms with Crippen molar-refractivity contribution < 1.29 is 49.3 Å². The quantitative estimate of drug-likeness (QED) is 0.0149. The van der Waals surface area contributed by atoms with Gasteiger partial charge in [0.05, 0.1) is 25.4 Å². The zero-order valence-electron chi connectivity index (χ0n) is 46.2. The molecule has 1 aliphatic rings. The summed E-state index contributed by atoms with van der Waals surface area (Å²) in [4.78, 5) is 26.5. The fourth-order valence-electron chi connectivity index (χ4n) is 8.69. The second-order valence-electron chi connectivity index (χ2n) is 20.1. The van der Waals surface area contributed by atoms with Gasteiger partial charge in [-0.1, -0.05) is 234 Å². The van der Waals surface area contributed by atoms with E-state index in [0.717, 1.165) is 96.3 Å². The van der Waals surface area contributed by atoms with E-state index in [0.29, 0.717) is 12.8 Å². The van der Waals surface area contributed by atoms with Crippen molar-refractivity contribution in [1.82, 2.24) is 5.32 Å². The number of nitrogens with one attached hydrogen (secondary N) is 1. The van der Waals surface area contributed by atoms with Gasteiger partial charge in [0.2, 0.25) is 5.91 Å². The summed E-state index contributed by atoms with van der Waals surface area (Å²) in [6, 6.07) is -1.04. The number of aliphatic hydroxyl groups is 5. The lowest BCUT2D eigenvalue weighted by Crippen LogP contribution is -2.61. The van der Waals surface area contributed by atoms with Crippen LogP contribution in [0.1, 0.15) is 233 Å². The highest BCUT2D eigenvalue weighted by molar-refractivity contribution is 5.80. The molecule has 1 amide bonds. The molecular formula is C62H107NO10. The molecule has 8 atom stereocenters. The van der Waals surface area contributed by atoms with Crippen molar-refractivity contribution in [2.24, 2.45) is 0 Å². The van der Waals surface area contributed by atoms with Gasteiger partial charge >= 0.3 is 5.97 Å². The molecule has 420 valence electrons. The van der Waals surface area contributed by atoms with Crippen LogP contribution in [-0.4, -0.2) is 99.6 Å². The fraction of sp³-hybridized carbons (Fsp3) is 0.742. The highest BCUT2D eigenvalue weighted by Gasteiger charge is 2.47. The highest BCUT2D eigenvalue weighted by atomic mass is 16.7. The number of aliphatic hydroxyl groups excluding tert-OH is 5. The SMILES string of the molecule is CC/C=C/C=C/C=C/C=C\CCCCCCC(O)C(=O)NC(COC1OC(CO)C(O)C(O)C1OC(=O)CCCCCCCCCCC/C=C\C/C=C\CCCCC)C(O)/C=C/CCCCCCCCCCC. The summed E-state index contributed by atoms with van der Waals surface area (Å²) in [5.41, 5.74) is 0. The number of unbranched alkanes of at least 4 members (excludes halogenated alkanes) is 25. The lowest BCUT2D eigenvalue weighted by Gasteiger charge is -2.41. The highest BCUT2D eigenvalue weighted by Crippen LogP contribution is 2.26. The molecule has 11 nitrogen and oxygen atoms in total. The summed E-state index contributed by atoms with van der Waals surface area (Å²) in [5, 5.41) is 56.8. The van der Waals surface area contributed by atoms with Gasteiger partial charge in [-0.25, -0.2) is 0 Å². The Morgan fingerprint density at radius 3 is 1.62 bits per heavy atom. The van der Waals surface area contributed by atoms with Crippen LogP contribution in [0.4, 0.5) is 0 Å². The molecule has 0 saturated carbocycles. The van der Waals surface area contributed by atoms with Crippen LogP contribution < -0.4 is 5.32 Å². The monoisotopic (exact) mass is 1030 g/mol. The van der Waals surface area contributed by atoms with Crippen LogP contribution in [0.25, 0.3) is 0 Å². The van der Waals surface area contributed by atoms with Crippen LogP contribution >= 0.6 is 0 Å². The molecule has 0 radical (unpaired) electrons. The number of ether oxygens (including phenoxy) is 3. The van der Waals surface area contributed by atoms with Crippen LogP contribution in [0.5, 0.6) is 0 Å². The second-order valence-corrected chi connectivity index (χ2v) is 20.1. The van der Waals surface area contributed by atoms with Gasteiger partial charge in [-0.15, -0.1) is 0 Å². The van der Waals surface area contributed by atoms with E-state index in [-0.39, 0.29) is 19.4 Å². The Morgan fingerprint density at radius 2 is 1.04 bits per heavy atom. The first-order valence-corrected chi connectivity index (χ1v) is 29.4. The molecular weight excluding hydrogens is 919 g/mol. The summed E-state index contributed by atoms with van der Waals surface area (Å²) in [6.07, 6.45) is 53.4. The van der Waals surface area contributed by atoms with Crippen LogP contribution in [0, 0.1) is 0 Å². The zero-order chi connectivity index (χ0) is 53.3. The van der Waals surface area contributed by atoms with Crippen molar-refractivity contribution in [3.63, 3.8) is 0 Å². The average Bonchev–Trinajstić information content (AvgIpc) is 3.39. The summed E-state index contributed by atoms with van der Waals surface area (Å²) in [5.74, 6) is -1.23. The average molecular weight is 1030 g/mol. The normalized spacial score (nSPS) is 20.0. The fourth-order valence-corrected chi connectivity index (χ4v) is 8.69. The van der Waals surface area contributed by atoms with E-state index in [1.165, 1.54) is 89.9 Å². The maximum Gasteiger partial charge on any atom is 0.306 e. The number of allylic oxidation sites excluding steroid dienone is 13. The molecule has 1 fully saturated rings. The topological polar surface area (TPSA) is 175 Å². The lowest BCUT2D eigenvalue weighted by molar-refractivity contribution is -0.305. The van der Waals surface area contributed by atoms with Crippen molar-refractivity contribution in [3.05, 3.63) is 85.1 Å². The van der Waals surface area contributed by atoms with Gasteiger partial charge in [0.1, 0.15) is 24.4 Å². The smallest absolute Gasteiger partial charge is 0.306 e. The van der Waals surface area contributed by atoms with E-state index in [1.54, 1.807) is 6.08 Å². The second kappa shape index (κ2) is 49.7. The minimum Gasteiger partial charge on any atom is -0.454 e. The number of carbonyl (C=O) groups is 2. The van der Waals surface area contributed by atoms with Gasteiger partial charge < -0.3 is 45.1 Å². The van der Waals surface area contributed by atoms with Crippen LogP contribution in [0.3, 0.4) is 0 Å². The molecule has 0 bridgehead atoms. The summed E-state index contributed by atoms with van der Waals surface area (Å²) < 4.78 is 17.6. The van der Waals surface area contributed by atoms with Gasteiger partial charge in [-0.05, 0) is 77.0 Å². The van der Waals surface area contributed by atoms with Gasteiger partial charge in [-0.3, -0.25) is 9.59 Å². The van der Waals surface area contributed by atoms with E-state index in [1.807, 2.05) is 42.5 Å². The first-order chi connectivity index (χ1) is 35.7. The zero-order valence-corrected chi connectivity index (χ0v) is 46.2. The Labute approximate surface area is 444 Å². The summed E-state index contributed by atoms with van der Waals surface area (Å²) in [6.45, 7) is 5.58. The predicted octanol–water partition coefficient (Wildman–Crippen LogP) is 13.4. The molecule has 0 spiro atoms. The van der Waals surface area contributed by atoms with Crippen molar-refractivity contribution in [3.8, 4) is 0 Å². The molecule has 8 unspecified atom stereocenters. The minimum absolute atomic E-state index is 0.112. The van der Waals surface area contributed by atoms with Gasteiger partial charge in [0.15, 0.2) is 12.4 Å². The third kappa shape index (κ3) is 38.1. The van der Waals surface area contributed by atoms with E-state index < -0.39 is 67.4 Å². The molecule has 11 heteroatoms. The molecule has 73 heavy (non-hydrogen) atoms. The molecule has 1 aliphatic heterocycles. The summed E-state index contributed by atoms with van der Waals surface area (Å²) >= 11 is 0. The van der Waals surface area contributed by atoms with E-state index in [2.05, 4.69) is 62.5 Å². The lowest BCUT2D eigenvalue weighted by atomic mass is 9.99. The Balaban J connectivity index is 2.70. The Hall–Kier alpha value is -3.16. The third-order valence-corrected chi connectivity index (χ3v) is 13.4. The van der Waals surface area contributed by atoms with Crippen LogP contribution in [-0.2, 0) is 23.8 Å². The van der Waals surface area contributed by atoms with E-state index in [9.17, 15) is 35.1 Å². The largest absolute Gasteiger partial charge is 0.454 e. The third-order valence-electron chi connectivity index (χ3n) is 13.4. The first kappa shape index (κ1) is 67.9. The maximum atomic E-state index is 13.4. The molecule has 0 aliphatic carbocycles. The number of amides is 1. The number of esters is 1. The maximum absolute atomic E-state index is 13.4. The van der Waals surface area contributed by atoms with Crippen molar-refractivity contribution in [2.45, 2.75) is 282 Å². The Bertz CT molecular complexity index is 1510. The summed E-state index contributed by atoms with van der Waals surface area (Å²) in [7, 11) is 0. The van der Waals surface area contributed by atoms with Crippen LogP contribution in [0.15, 0.2) is 85.1 Å². The number of hydrogen-bond donors (Lipinski definition) is 6. The van der Waals surface area contributed by atoms with Gasteiger partial charge in [-0.2, -0.15) is 0 Å². The molecule has 1 saturated heterocycles. The minimum atomic E-state index is -1.62. The van der Waals surface area contributed by atoms with Crippen molar-refractivity contribution in [1.29, 1.82) is 0 Å². The number of carbonyl (C=O) groups excluding carboxylic acids is 2. The van der Waals surface area contributed by atoms with Crippen molar-refractivity contribution in [2.75, 3.05) is 13.2 Å². The van der Waals surface area contributed by atoms with E-state index in [4.69, 9.17) is 14.2 Å². The Morgan fingerprint density at radius 1 is 0.562 bits per heavy atom. The van der Waals surface area contributed by atoms with Crippen LogP contribution in [0.2, 0.25) is 0 Å². The number of rotatable bonds is 48. The Kier molecular flexibility index (Phi) is 46.2. The number of hydrogen-bond acceptors (Lipinski definition) is 10. The first-order valence-electron chi connectivity index (χ1n) is 29.4. The molecule has 0 aromatic heterocycles. The van der Waals surface area contributed by atoms with Crippen molar-refractivity contribution >= 4 is 11.9 Å². The molecule has 1 rings (SSSR count). The van der Waals surface area contributed by atoms with Gasteiger partial charge in [0, 0.05) is 6.42 Å². The predicted molar refractivity (Wildman–Crippen MR) is 301 cm³/mol.